The fourth-order valence-electron chi connectivity index (χ4n) is 5.15. The van der Waals surface area contributed by atoms with Gasteiger partial charge in [0.2, 0.25) is 5.91 Å². The standard InChI is InChI=1S/C28H37N5O2/c1-20-30-24-17-22(11-12-25(24)33(20)23-9-7-6-8-10-23)27(35)32-15-13-21(14-16-32)26(34)29-18-28(2,3)19-31(4)5/h6-12,17,21H,13-16,18-19H2,1-5H3,(H,29,34). The molecular weight excluding hydrogens is 438 g/mol. The number of carbonyl (C=O) groups is 2. The maximum Gasteiger partial charge on any atom is 0.253 e. The highest BCUT2D eigenvalue weighted by Crippen LogP contribution is 2.25. The molecule has 0 saturated carbocycles. The minimum absolute atomic E-state index is 0.00443. The van der Waals surface area contributed by atoms with Crippen LogP contribution in [0.5, 0.6) is 0 Å². The number of aryl methyl sites for hydroxylation is 1. The van der Waals surface area contributed by atoms with Gasteiger partial charge in [0.15, 0.2) is 0 Å². The lowest BCUT2D eigenvalue weighted by atomic mass is 9.91. The minimum Gasteiger partial charge on any atom is -0.355 e. The van der Waals surface area contributed by atoms with Crippen molar-refractivity contribution in [3.8, 4) is 5.69 Å². The molecule has 0 bridgehead atoms. The summed E-state index contributed by atoms with van der Waals surface area (Å²) < 4.78 is 2.10. The molecule has 1 saturated heterocycles. The molecule has 2 heterocycles. The van der Waals surface area contributed by atoms with E-state index in [9.17, 15) is 9.59 Å². The van der Waals surface area contributed by atoms with Crippen LogP contribution in [0.1, 0.15) is 42.9 Å². The van der Waals surface area contributed by atoms with E-state index in [4.69, 9.17) is 4.98 Å². The predicted octanol–water partition coefficient (Wildman–Crippen LogP) is 3.89. The second-order valence-corrected chi connectivity index (χ2v) is 10.7. The van der Waals surface area contributed by atoms with Gasteiger partial charge in [-0.3, -0.25) is 14.2 Å². The zero-order valence-electron chi connectivity index (χ0n) is 21.5. The van der Waals surface area contributed by atoms with Crippen LogP contribution in [-0.4, -0.2) is 71.4 Å². The van der Waals surface area contributed by atoms with Gasteiger partial charge in [-0.1, -0.05) is 32.0 Å². The van der Waals surface area contributed by atoms with Crippen LogP contribution in [0.4, 0.5) is 0 Å². The Labute approximate surface area is 208 Å². The van der Waals surface area contributed by atoms with Crippen LogP contribution in [0.15, 0.2) is 48.5 Å². The summed E-state index contributed by atoms with van der Waals surface area (Å²) in [6.45, 7) is 9.05. The molecule has 186 valence electrons. The molecular formula is C28H37N5O2. The molecule has 1 aliphatic rings. The smallest absolute Gasteiger partial charge is 0.253 e. The Hall–Kier alpha value is -3.19. The van der Waals surface area contributed by atoms with E-state index in [1.165, 1.54) is 0 Å². The second-order valence-electron chi connectivity index (χ2n) is 10.7. The Kier molecular flexibility index (Phi) is 7.26. The number of aromatic nitrogens is 2. The number of likely N-dealkylation sites (tertiary alicyclic amines) is 1. The van der Waals surface area contributed by atoms with Crippen LogP contribution in [0.2, 0.25) is 0 Å². The topological polar surface area (TPSA) is 70.5 Å². The van der Waals surface area contributed by atoms with Crippen molar-refractivity contribution in [1.29, 1.82) is 0 Å². The van der Waals surface area contributed by atoms with Gasteiger partial charge in [0, 0.05) is 43.3 Å². The minimum atomic E-state index is -0.0408. The van der Waals surface area contributed by atoms with Crippen LogP contribution < -0.4 is 5.32 Å². The Morgan fingerprint density at radius 1 is 1.09 bits per heavy atom. The zero-order chi connectivity index (χ0) is 25.2. The Balaban J connectivity index is 1.38. The number of hydrogen-bond acceptors (Lipinski definition) is 4. The van der Waals surface area contributed by atoms with Crippen molar-refractivity contribution < 1.29 is 9.59 Å². The molecule has 3 aromatic rings. The number of piperidine rings is 1. The third-order valence-corrected chi connectivity index (χ3v) is 6.72. The van der Waals surface area contributed by atoms with E-state index >= 15 is 0 Å². The van der Waals surface area contributed by atoms with Crippen LogP contribution in [0.25, 0.3) is 16.7 Å². The number of carbonyl (C=O) groups excluding carboxylic acids is 2. The zero-order valence-corrected chi connectivity index (χ0v) is 21.5. The van der Waals surface area contributed by atoms with Gasteiger partial charge in [0.25, 0.3) is 5.91 Å². The summed E-state index contributed by atoms with van der Waals surface area (Å²) in [6.07, 6.45) is 1.38. The largest absolute Gasteiger partial charge is 0.355 e. The van der Waals surface area contributed by atoms with E-state index in [0.717, 1.165) is 29.1 Å². The first-order valence-electron chi connectivity index (χ1n) is 12.4. The summed E-state index contributed by atoms with van der Waals surface area (Å²) in [5.74, 6) is 0.953. The van der Waals surface area contributed by atoms with Crippen LogP contribution >= 0.6 is 0 Å². The van der Waals surface area contributed by atoms with Crippen molar-refractivity contribution in [3.05, 3.63) is 59.9 Å². The number of rotatable bonds is 7. The molecule has 0 radical (unpaired) electrons. The molecule has 0 unspecified atom stereocenters. The van der Waals surface area contributed by atoms with Crippen molar-refractivity contribution in [2.45, 2.75) is 33.6 Å². The average molecular weight is 476 g/mol. The summed E-state index contributed by atoms with van der Waals surface area (Å²) in [5, 5.41) is 3.14. The normalized spacial score (nSPS) is 15.1. The second kappa shape index (κ2) is 10.2. The van der Waals surface area contributed by atoms with Crippen LogP contribution in [-0.2, 0) is 4.79 Å². The maximum atomic E-state index is 13.2. The Morgan fingerprint density at radius 3 is 2.43 bits per heavy atom. The number of nitrogens with one attached hydrogen (secondary N) is 1. The van der Waals surface area contributed by atoms with Crippen molar-refractivity contribution in [1.82, 2.24) is 24.7 Å². The molecule has 0 spiro atoms. The van der Waals surface area contributed by atoms with Gasteiger partial charge in [0.1, 0.15) is 5.82 Å². The number of nitrogens with zero attached hydrogens (tertiary/aromatic N) is 4. The molecule has 1 fully saturated rings. The quantitative estimate of drug-likeness (QED) is 0.563. The monoisotopic (exact) mass is 475 g/mol. The highest BCUT2D eigenvalue weighted by atomic mass is 16.2. The van der Waals surface area contributed by atoms with Gasteiger partial charge in [-0.05, 0) is 69.6 Å². The molecule has 35 heavy (non-hydrogen) atoms. The van der Waals surface area contributed by atoms with E-state index in [2.05, 4.69) is 40.8 Å². The van der Waals surface area contributed by atoms with Crippen LogP contribution in [0, 0.1) is 18.3 Å². The fraction of sp³-hybridized carbons (Fsp3) is 0.464. The van der Waals surface area contributed by atoms with Crippen molar-refractivity contribution in [2.24, 2.45) is 11.3 Å². The van der Waals surface area contributed by atoms with E-state index < -0.39 is 0 Å². The van der Waals surface area contributed by atoms with Gasteiger partial charge in [-0.2, -0.15) is 0 Å². The van der Waals surface area contributed by atoms with E-state index in [0.29, 0.717) is 38.0 Å². The summed E-state index contributed by atoms with van der Waals surface area (Å²) in [7, 11) is 4.09. The first kappa shape index (κ1) is 24.9. The molecule has 2 amide bonds. The predicted molar refractivity (Wildman–Crippen MR) is 140 cm³/mol. The highest BCUT2D eigenvalue weighted by molar-refractivity contribution is 5.98. The molecule has 1 N–H and O–H groups in total. The fourth-order valence-corrected chi connectivity index (χ4v) is 5.15. The van der Waals surface area contributed by atoms with E-state index in [1.807, 2.05) is 62.3 Å². The highest BCUT2D eigenvalue weighted by Gasteiger charge is 2.29. The molecule has 2 aromatic carbocycles. The Morgan fingerprint density at radius 2 is 1.77 bits per heavy atom. The molecule has 1 aromatic heterocycles. The summed E-state index contributed by atoms with van der Waals surface area (Å²) in [6, 6.07) is 15.9. The van der Waals surface area contributed by atoms with Crippen molar-refractivity contribution in [3.63, 3.8) is 0 Å². The van der Waals surface area contributed by atoms with Crippen molar-refractivity contribution in [2.75, 3.05) is 40.3 Å². The lowest BCUT2D eigenvalue weighted by Crippen LogP contribution is -2.46. The van der Waals surface area contributed by atoms with E-state index in [1.54, 1.807) is 0 Å². The first-order chi connectivity index (χ1) is 16.6. The third-order valence-electron chi connectivity index (χ3n) is 6.72. The van der Waals surface area contributed by atoms with Gasteiger partial charge >= 0.3 is 0 Å². The molecule has 0 aliphatic carbocycles. The molecule has 1 aliphatic heterocycles. The molecule has 7 heteroatoms. The molecule has 7 nitrogen and oxygen atoms in total. The first-order valence-corrected chi connectivity index (χ1v) is 12.4. The number of para-hydroxylation sites is 1. The third kappa shape index (κ3) is 5.73. The number of fused-ring (bicyclic) bond motifs is 1. The SMILES string of the molecule is Cc1nc2cc(C(=O)N3CCC(C(=O)NCC(C)(C)CN(C)C)CC3)ccc2n1-c1ccccc1. The summed E-state index contributed by atoms with van der Waals surface area (Å²) >= 11 is 0. The lowest BCUT2D eigenvalue weighted by Gasteiger charge is -2.33. The lowest BCUT2D eigenvalue weighted by molar-refractivity contribution is -0.126. The average Bonchev–Trinajstić information content (AvgIpc) is 3.16. The van der Waals surface area contributed by atoms with Gasteiger partial charge in [-0.15, -0.1) is 0 Å². The van der Waals surface area contributed by atoms with Crippen LogP contribution in [0.3, 0.4) is 0 Å². The summed E-state index contributed by atoms with van der Waals surface area (Å²) in [5.41, 5.74) is 3.51. The van der Waals surface area contributed by atoms with Gasteiger partial charge < -0.3 is 15.1 Å². The number of imidazole rings is 1. The molecule has 4 rings (SSSR count). The maximum absolute atomic E-state index is 13.2. The number of amides is 2. The summed E-state index contributed by atoms with van der Waals surface area (Å²) in [4.78, 5) is 34.7. The Bertz CT molecular complexity index is 1190. The molecule has 0 atom stereocenters. The van der Waals surface area contributed by atoms with Gasteiger partial charge in [0.05, 0.1) is 11.0 Å². The number of benzene rings is 2. The van der Waals surface area contributed by atoms with Crippen molar-refractivity contribution >= 4 is 22.8 Å². The van der Waals surface area contributed by atoms with E-state index in [-0.39, 0.29) is 23.1 Å². The van der Waals surface area contributed by atoms with Gasteiger partial charge in [-0.25, -0.2) is 4.98 Å². The number of hydrogen-bond donors (Lipinski definition) is 1.